The molecule has 2 fully saturated rings. The van der Waals surface area contributed by atoms with E-state index in [1.54, 1.807) is 7.11 Å². The first kappa shape index (κ1) is 19.6. The molecular weight excluding hydrogens is 352 g/mol. The zero-order valence-electron chi connectivity index (χ0n) is 17.1. The maximum absolute atomic E-state index is 6.10. The van der Waals surface area contributed by atoms with Crippen molar-refractivity contribution < 1.29 is 9.15 Å². The number of ether oxygens (including phenoxy) is 1. The first-order chi connectivity index (χ1) is 13.8. The summed E-state index contributed by atoms with van der Waals surface area (Å²) < 4.78 is 11.6. The molecule has 0 spiro atoms. The van der Waals surface area contributed by atoms with Gasteiger partial charge in [0.1, 0.15) is 0 Å². The molecule has 1 aromatic carbocycles. The molecule has 0 aliphatic carbocycles. The van der Waals surface area contributed by atoms with Gasteiger partial charge in [0, 0.05) is 37.7 Å². The Bertz CT molecular complexity index is 727. The fraction of sp³-hybridized carbons (Fsp3) is 0.636. The largest absolute Gasteiger partial charge is 0.420 e. The molecule has 2 aliphatic heterocycles. The van der Waals surface area contributed by atoms with Crippen molar-refractivity contribution in [3.05, 3.63) is 36.2 Å². The first-order valence-corrected chi connectivity index (χ1v) is 10.6. The zero-order chi connectivity index (χ0) is 19.3. The van der Waals surface area contributed by atoms with Gasteiger partial charge in [-0.05, 0) is 51.0 Å². The molecule has 0 radical (unpaired) electrons. The Morgan fingerprint density at radius 1 is 1.11 bits per heavy atom. The van der Waals surface area contributed by atoms with Crippen LogP contribution in [-0.4, -0.2) is 72.5 Å². The number of methoxy groups -OCH3 is 1. The predicted octanol–water partition coefficient (Wildman–Crippen LogP) is 3.27. The summed E-state index contributed by atoms with van der Waals surface area (Å²) in [5.41, 5.74) is 0.975. The van der Waals surface area contributed by atoms with Gasteiger partial charge in [0.25, 0.3) is 0 Å². The Labute approximate surface area is 167 Å². The SMILES string of the molecule is CCCN1CCC(N2C[C@@H](COC)[C@H](c3nnc(-c4ccccc4)o3)C2)CC1. The lowest BCUT2D eigenvalue weighted by atomic mass is 9.97. The summed E-state index contributed by atoms with van der Waals surface area (Å²) in [6, 6.07) is 10.7. The fourth-order valence-corrected chi connectivity index (χ4v) is 4.77. The van der Waals surface area contributed by atoms with Gasteiger partial charge in [0.15, 0.2) is 0 Å². The normalized spacial score (nSPS) is 24.8. The van der Waals surface area contributed by atoms with Crippen molar-refractivity contribution in [2.75, 3.05) is 46.4 Å². The summed E-state index contributed by atoms with van der Waals surface area (Å²) in [4.78, 5) is 5.24. The third-order valence-electron chi connectivity index (χ3n) is 6.24. The topological polar surface area (TPSA) is 54.6 Å². The zero-order valence-corrected chi connectivity index (χ0v) is 17.1. The van der Waals surface area contributed by atoms with Crippen LogP contribution in [0.5, 0.6) is 0 Å². The molecule has 0 amide bonds. The minimum atomic E-state index is 0.249. The van der Waals surface area contributed by atoms with E-state index in [2.05, 4.69) is 26.9 Å². The van der Waals surface area contributed by atoms with E-state index in [1.807, 2.05) is 30.3 Å². The van der Waals surface area contributed by atoms with E-state index in [9.17, 15) is 0 Å². The molecule has 2 aromatic rings. The van der Waals surface area contributed by atoms with Crippen LogP contribution in [0.1, 0.15) is 38.0 Å². The van der Waals surface area contributed by atoms with E-state index in [0.717, 1.165) is 31.2 Å². The second-order valence-electron chi connectivity index (χ2n) is 8.16. The third kappa shape index (κ3) is 4.29. The lowest BCUT2D eigenvalue weighted by Gasteiger charge is -2.36. The summed E-state index contributed by atoms with van der Waals surface area (Å²) in [6.07, 6.45) is 3.75. The smallest absolute Gasteiger partial charge is 0.247 e. The number of likely N-dealkylation sites (tertiary alicyclic amines) is 2. The summed E-state index contributed by atoms with van der Waals surface area (Å²) in [7, 11) is 1.78. The molecule has 3 heterocycles. The van der Waals surface area contributed by atoms with Crippen molar-refractivity contribution >= 4 is 0 Å². The molecule has 152 valence electrons. The van der Waals surface area contributed by atoms with Crippen LogP contribution >= 0.6 is 0 Å². The van der Waals surface area contributed by atoms with E-state index >= 15 is 0 Å². The Morgan fingerprint density at radius 2 is 1.89 bits per heavy atom. The van der Waals surface area contributed by atoms with Crippen LogP contribution < -0.4 is 0 Å². The molecule has 0 saturated carbocycles. The van der Waals surface area contributed by atoms with Crippen LogP contribution in [-0.2, 0) is 4.74 Å². The highest BCUT2D eigenvalue weighted by molar-refractivity contribution is 5.51. The molecule has 2 aliphatic rings. The maximum atomic E-state index is 6.10. The van der Waals surface area contributed by atoms with Crippen molar-refractivity contribution in [3.8, 4) is 11.5 Å². The Morgan fingerprint density at radius 3 is 2.61 bits per heavy atom. The van der Waals surface area contributed by atoms with Gasteiger partial charge in [-0.3, -0.25) is 4.90 Å². The molecule has 6 nitrogen and oxygen atoms in total. The fourth-order valence-electron chi connectivity index (χ4n) is 4.77. The quantitative estimate of drug-likeness (QED) is 0.730. The van der Waals surface area contributed by atoms with Crippen LogP contribution in [0.3, 0.4) is 0 Å². The van der Waals surface area contributed by atoms with Gasteiger partial charge in [-0.25, -0.2) is 0 Å². The van der Waals surface area contributed by atoms with Crippen molar-refractivity contribution in [1.29, 1.82) is 0 Å². The van der Waals surface area contributed by atoms with Crippen molar-refractivity contribution in [2.45, 2.75) is 38.1 Å². The van der Waals surface area contributed by atoms with Crippen molar-refractivity contribution in [2.24, 2.45) is 5.92 Å². The number of piperidine rings is 1. The number of hydrogen-bond donors (Lipinski definition) is 0. The lowest BCUT2D eigenvalue weighted by Crippen LogP contribution is -2.44. The number of benzene rings is 1. The number of nitrogens with zero attached hydrogens (tertiary/aromatic N) is 4. The Kier molecular flexibility index (Phi) is 6.40. The van der Waals surface area contributed by atoms with Gasteiger partial charge in [-0.15, -0.1) is 10.2 Å². The van der Waals surface area contributed by atoms with Crippen LogP contribution in [0, 0.1) is 5.92 Å². The van der Waals surface area contributed by atoms with E-state index in [4.69, 9.17) is 9.15 Å². The second kappa shape index (κ2) is 9.16. The van der Waals surface area contributed by atoms with Crippen molar-refractivity contribution in [3.63, 3.8) is 0 Å². The standard InChI is InChI=1S/C22H32N4O2/c1-3-11-25-12-9-19(10-13-25)26-14-18(16-27-2)20(15-26)22-24-23-21(28-22)17-7-5-4-6-8-17/h4-8,18-20H,3,9-16H2,1-2H3/t18-,20+/m0/s1. The van der Waals surface area contributed by atoms with Gasteiger partial charge in [-0.2, -0.15) is 0 Å². The van der Waals surface area contributed by atoms with Crippen LogP contribution in [0.25, 0.3) is 11.5 Å². The molecule has 0 bridgehead atoms. The second-order valence-corrected chi connectivity index (χ2v) is 8.16. The molecule has 1 aromatic heterocycles. The molecular formula is C22H32N4O2. The molecule has 2 atom stereocenters. The van der Waals surface area contributed by atoms with Crippen molar-refractivity contribution in [1.82, 2.24) is 20.0 Å². The van der Waals surface area contributed by atoms with Crippen LogP contribution in [0.4, 0.5) is 0 Å². The molecule has 6 heteroatoms. The minimum Gasteiger partial charge on any atom is -0.420 e. The molecule has 2 saturated heterocycles. The molecule has 0 N–H and O–H groups in total. The average Bonchev–Trinajstić information content (AvgIpc) is 3.37. The molecule has 28 heavy (non-hydrogen) atoms. The highest BCUT2D eigenvalue weighted by Crippen LogP contribution is 2.36. The van der Waals surface area contributed by atoms with Gasteiger partial charge in [0.2, 0.25) is 11.8 Å². The van der Waals surface area contributed by atoms with Gasteiger partial charge in [0.05, 0.1) is 12.5 Å². The molecule has 0 unspecified atom stereocenters. The average molecular weight is 385 g/mol. The Hall–Kier alpha value is -1.76. The number of rotatable bonds is 7. The van der Waals surface area contributed by atoms with E-state index < -0.39 is 0 Å². The number of hydrogen-bond acceptors (Lipinski definition) is 6. The Balaban J connectivity index is 1.44. The lowest BCUT2D eigenvalue weighted by molar-refractivity contribution is 0.112. The highest BCUT2D eigenvalue weighted by atomic mass is 16.5. The van der Waals surface area contributed by atoms with Crippen LogP contribution in [0.2, 0.25) is 0 Å². The summed E-state index contributed by atoms with van der Waals surface area (Å²) >= 11 is 0. The monoisotopic (exact) mass is 384 g/mol. The van der Waals surface area contributed by atoms with Gasteiger partial charge in [-0.1, -0.05) is 25.1 Å². The van der Waals surface area contributed by atoms with Crippen LogP contribution in [0.15, 0.2) is 34.7 Å². The number of aromatic nitrogens is 2. The third-order valence-corrected chi connectivity index (χ3v) is 6.24. The van der Waals surface area contributed by atoms with E-state index in [0.29, 0.717) is 17.9 Å². The predicted molar refractivity (Wildman–Crippen MR) is 109 cm³/mol. The van der Waals surface area contributed by atoms with E-state index in [1.165, 1.54) is 38.9 Å². The minimum absolute atomic E-state index is 0.249. The summed E-state index contributed by atoms with van der Waals surface area (Å²) in [6.45, 7) is 8.70. The van der Waals surface area contributed by atoms with Gasteiger partial charge >= 0.3 is 0 Å². The van der Waals surface area contributed by atoms with E-state index in [-0.39, 0.29) is 5.92 Å². The molecule has 4 rings (SSSR count). The first-order valence-electron chi connectivity index (χ1n) is 10.6. The summed E-state index contributed by atoms with van der Waals surface area (Å²) in [5.74, 6) is 2.02. The highest BCUT2D eigenvalue weighted by Gasteiger charge is 2.40. The summed E-state index contributed by atoms with van der Waals surface area (Å²) in [5, 5.41) is 8.73. The van der Waals surface area contributed by atoms with Gasteiger partial charge < -0.3 is 14.1 Å². The maximum Gasteiger partial charge on any atom is 0.247 e.